The molecular weight excluding hydrogens is 226 g/mol. The number of nitrogens with one attached hydrogen (secondary N) is 2. The lowest BCUT2D eigenvalue weighted by molar-refractivity contribution is 0.0953. The van der Waals surface area contributed by atoms with Crippen molar-refractivity contribution < 1.29 is 4.79 Å². The monoisotopic (exact) mass is 249 g/mol. The number of rotatable bonds is 7. The van der Waals surface area contributed by atoms with E-state index in [1.807, 2.05) is 19.9 Å². The number of nitrogens with zero attached hydrogens (tertiary/aromatic N) is 1. The zero-order chi connectivity index (χ0) is 13.4. The standard InChI is InChI=1S/C14H23N3O/c1-4-6-7-8-16-14(18)12-9-11(3)17-13(10-12)15-5-2/h9-10H,4-8H2,1-3H3,(H,15,17)(H,16,18). The molecule has 18 heavy (non-hydrogen) atoms. The second-order valence-corrected chi connectivity index (χ2v) is 4.38. The molecule has 1 rings (SSSR count). The van der Waals surface area contributed by atoms with Crippen LogP contribution >= 0.6 is 0 Å². The highest BCUT2D eigenvalue weighted by Gasteiger charge is 2.07. The molecule has 0 aliphatic heterocycles. The fourth-order valence-corrected chi connectivity index (χ4v) is 1.75. The van der Waals surface area contributed by atoms with Gasteiger partial charge in [-0.3, -0.25) is 4.79 Å². The summed E-state index contributed by atoms with van der Waals surface area (Å²) in [4.78, 5) is 16.3. The predicted octanol–water partition coefficient (Wildman–Crippen LogP) is 2.74. The number of aromatic nitrogens is 1. The third kappa shape index (κ3) is 4.73. The van der Waals surface area contributed by atoms with Crippen molar-refractivity contribution >= 4 is 11.7 Å². The first-order valence-electron chi connectivity index (χ1n) is 6.68. The van der Waals surface area contributed by atoms with Crippen LogP contribution in [0.1, 0.15) is 49.2 Å². The number of hydrogen-bond acceptors (Lipinski definition) is 3. The van der Waals surface area contributed by atoms with E-state index in [2.05, 4.69) is 22.5 Å². The molecule has 0 aromatic carbocycles. The first-order valence-corrected chi connectivity index (χ1v) is 6.68. The molecule has 1 aromatic rings. The summed E-state index contributed by atoms with van der Waals surface area (Å²) < 4.78 is 0. The largest absolute Gasteiger partial charge is 0.370 e. The number of unbranched alkanes of at least 4 members (excludes halogenated alkanes) is 2. The van der Waals surface area contributed by atoms with Gasteiger partial charge in [-0.05, 0) is 32.4 Å². The van der Waals surface area contributed by atoms with Crippen LogP contribution in [0.4, 0.5) is 5.82 Å². The Morgan fingerprint density at radius 2 is 2.06 bits per heavy atom. The molecule has 100 valence electrons. The quantitative estimate of drug-likeness (QED) is 0.731. The molecule has 1 heterocycles. The molecule has 4 nitrogen and oxygen atoms in total. The molecule has 0 fully saturated rings. The Labute approximate surface area is 109 Å². The predicted molar refractivity (Wildman–Crippen MR) is 75.0 cm³/mol. The first-order chi connectivity index (χ1) is 8.67. The topological polar surface area (TPSA) is 54.0 Å². The van der Waals surface area contributed by atoms with Gasteiger partial charge in [0, 0.05) is 24.3 Å². The lowest BCUT2D eigenvalue weighted by atomic mass is 10.2. The Kier molecular flexibility index (Phi) is 6.19. The van der Waals surface area contributed by atoms with Crippen molar-refractivity contribution in [3.8, 4) is 0 Å². The van der Waals surface area contributed by atoms with E-state index in [0.29, 0.717) is 5.56 Å². The smallest absolute Gasteiger partial charge is 0.251 e. The molecule has 4 heteroatoms. The highest BCUT2D eigenvalue weighted by atomic mass is 16.1. The minimum atomic E-state index is -0.0178. The maximum Gasteiger partial charge on any atom is 0.251 e. The van der Waals surface area contributed by atoms with E-state index >= 15 is 0 Å². The number of anilines is 1. The summed E-state index contributed by atoms with van der Waals surface area (Å²) >= 11 is 0. The van der Waals surface area contributed by atoms with Gasteiger partial charge in [0.15, 0.2) is 0 Å². The van der Waals surface area contributed by atoms with E-state index in [9.17, 15) is 4.79 Å². The molecule has 0 unspecified atom stereocenters. The second-order valence-electron chi connectivity index (χ2n) is 4.38. The first kappa shape index (κ1) is 14.5. The summed E-state index contributed by atoms with van der Waals surface area (Å²) in [5.74, 6) is 0.743. The lowest BCUT2D eigenvalue weighted by Gasteiger charge is -2.08. The minimum Gasteiger partial charge on any atom is -0.370 e. The van der Waals surface area contributed by atoms with Crippen LogP contribution in [0.25, 0.3) is 0 Å². The summed E-state index contributed by atoms with van der Waals surface area (Å²) in [6.45, 7) is 7.60. The van der Waals surface area contributed by atoms with Crippen molar-refractivity contribution in [1.82, 2.24) is 10.3 Å². The van der Waals surface area contributed by atoms with Gasteiger partial charge in [0.05, 0.1) is 0 Å². The number of carbonyl (C=O) groups is 1. The van der Waals surface area contributed by atoms with Gasteiger partial charge in [-0.25, -0.2) is 4.98 Å². The molecule has 0 aliphatic rings. The van der Waals surface area contributed by atoms with Crippen LogP contribution in [0.2, 0.25) is 0 Å². The van der Waals surface area contributed by atoms with E-state index in [1.165, 1.54) is 0 Å². The van der Waals surface area contributed by atoms with Crippen molar-refractivity contribution in [1.29, 1.82) is 0 Å². The maximum absolute atomic E-state index is 11.9. The number of aryl methyl sites for hydroxylation is 1. The minimum absolute atomic E-state index is 0.0178. The Morgan fingerprint density at radius 1 is 1.28 bits per heavy atom. The highest BCUT2D eigenvalue weighted by Crippen LogP contribution is 2.10. The van der Waals surface area contributed by atoms with E-state index in [4.69, 9.17) is 0 Å². The Bertz CT molecular complexity index is 391. The molecule has 1 aromatic heterocycles. The van der Waals surface area contributed by atoms with E-state index < -0.39 is 0 Å². The molecule has 0 bridgehead atoms. The average molecular weight is 249 g/mol. The van der Waals surface area contributed by atoms with Gasteiger partial charge in [-0.15, -0.1) is 0 Å². The molecule has 0 radical (unpaired) electrons. The van der Waals surface area contributed by atoms with Crippen LogP contribution in [0.15, 0.2) is 12.1 Å². The summed E-state index contributed by atoms with van der Waals surface area (Å²) in [6, 6.07) is 3.61. The van der Waals surface area contributed by atoms with Crippen molar-refractivity contribution in [3.63, 3.8) is 0 Å². The second kappa shape index (κ2) is 7.69. The third-order valence-corrected chi connectivity index (χ3v) is 2.64. The highest BCUT2D eigenvalue weighted by molar-refractivity contribution is 5.94. The number of pyridine rings is 1. The van der Waals surface area contributed by atoms with Crippen LogP contribution in [0.3, 0.4) is 0 Å². The van der Waals surface area contributed by atoms with Crippen LogP contribution in [0, 0.1) is 6.92 Å². The van der Waals surface area contributed by atoms with Gasteiger partial charge < -0.3 is 10.6 Å². The zero-order valence-corrected chi connectivity index (χ0v) is 11.5. The van der Waals surface area contributed by atoms with Crippen molar-refractivity contribution in [2.24, 2.45) is 0 Å². The van der Waals surface area contributed by atoms with Gasteiger partial charge in [-0.2, -0.15) is 0 Å². The van der Waals surface area contributed by atoms with Crippen LogP contribution in [0.5, 0.6) is 0 Å². The van der Waals surface area contributed by atoms with E-state index in [1.54, 1.807) is 6.07 Å². The molecular formula is C14H23N3O. The normalized spacial score (nSPS) is 10.2. The summed E-state index contributed by atoms with van der Waals surface area (Å²) in [7, 11) is 0. The molecule has 0 saturated heterocycles. The average Bonchev–Trinajstić information content (AvgIpc) is 2.34. The molecule has 0 aliphatic carbocycles. The Morgan fingerprint density at radius 3 is 2.72 bits per heavy atom. The lowest BCUT2D eigenvalue weighted by Crippen LogP contribution is -2.24. The SMILES string of the molecule is CCCCCNC(=O)c1cc(C)nc(NCC)c1. The van der Waals surface area contributed by atoms with Gasteiger partial charge in [-0.1, -0.05) is 19.8 Å². The number of carbonyl (C=O) groups excluding carboxylic acids is 1. The Balaban J connectivity index is 2.61. The summed E-state index contributed by atoms with van der Waals surface area (Å²) in [5, 5.41) is 6.06. The van der Waals surface area contributed by atoms with Gasteiger partial charge in [0.1, 0.15) is 5.82 Å². The van der Waals surface area contributed by atoms with Gasteiger partial charge in [0.25, 0.3) is 5.91 Å². The fraction of sp³-hybridized carbons (Fsp3) is 0.571. The fourth-order valence-electron chi connectivity index (χ4n) is 1.75. The van der Waals surface area contributed by atoms with Crippen molar-refractivity contribution in [2.45, 2.75) is 40.0 Å². The van der Waals surface area contributed by atoms with E-state index in [0.717, 1.165) is 43.9 Å². The number of hydrogen-bond donors (Lipinski definition) is 2. The van der Waals surface area contributed by atoms with Crippen molar-refractivity contribution in [3.05, 3.63) is 23.4 Å². The van der Waals surface area contributed by atoms with Gasteiger partial charge in [0.2, 0.25) is 0 Å². The molecule has 0 spiro atoms. The third-order valence-electron chi connectivity index (χ3n) is 2.64. The molecule has 0 saturated carbocycles. The Hall–Kier alpha value is -1.58. The molecule has 0 atom stereocenters. The van der Waals surface area contributed by atoms with Crippen molar-refractivity contribution in [2.75, 3.05) is 18.4 Å². The van der Waals surface area contributed by atoms with Crippen LogP contribution < -0.4 is 10.6 Å². The molecule has 1 amide bonds. The molecule has 2 N–H and O–H groups in total. The maximum atomic E-state index is 11.9. The summed E-state index contributed by atoms with van der Waals surface area (Å²) in [5.41, 5.74) is 1.53. The zero-order valence-electron chi connectivity index (χ0n) is 11.5. The summed E-state index contributed by atoms with van der Waals surface area (Å²) in [6.07, 6.45) is 3.35. The van der Waals surface area contributed by atoms with E-state index in [-0.39, 0.29) is 5.91 Å². The van der Waals surface area contributed by atoms with Gasteiger partial charge >= 0.3 is 0 Å². The van der Waals surface area contributed by atoms with Crippen LogP contribution in [-0.4, -0.2) is 24.0 Å². The van der Waals surface area contributed by atoms with Crippen LogP contribution in [-0.2, 0) is 0 Å². The number of amides is 1.